The summed E-state index contributed by atoms with van der Waals surface area (Å²) in [7, 11) is 0. The summed E-state index contributed by atoms with van der Waals surface area (Å²) in [5.74, 6) is -3.17. The molecule has 19 heteroatoms. The van der Waals surface area contributed by atoms with Crippen molar-refractivity contribution < 1.29 is 40.7 Å². The van der Waals surface area contributed by atoms with Gasteiger partial charge in [-0.2, -0.15) is 18.6 Å². The maximum absolute atomic E-state index is 15.8. The van der Waals surface area contributed by atoms with E-state index in [4.69, 9.17) is 21.7 Å². The summed E-state index contributed by atoms with van der Waals surface area (Å²) in [6.07, 6.45) is -0.775. The molecule has 0 fully saturated rings. The van der Waals surface area contributed by atoms with Gasteiger partial charge in [-0.3, -0.25) is 15.1 Å². The van der Waals surface area contributed by atoms with E-state index in [9.17, 15) is 31.5 Å². The lowest BCUT2D eigenvalue weighted by molar-refractivity contribution is 0.0402. The molecule has 0 saturated heterocycles. The Morgan fingerprint density at radius 3 is 2.35 bits per heavy atom. The lowest BCUT2D eigenvalue weighted by Gasteiger charge is -2.33. The lowest BCUT2D eigenvalue weighted by Crippen LogP contribution is -2.51. The van der Waals surface area contributed by atoms with Crippen molar-refractivity contribution in [2.45, 2.75) is 64.3 Å². The number of ether oxygens (including phenoxy) is 1. The minimum Gasteiger partial charge on any atom is -0.447 e. The molecule has 0 bridgehead atoms. The van der Waals surface area contributed by atoms with Crippen molar-refractivity contribution in [2.75, 3.05) is 13.2 Å². The van der Waals surface area contributed by atoms with Crippen LogP contribution in [-0.4, -0.2) is 78.4 Å². The second kappa shape index (κ2) is 16.4. The normalized spacial score (nSPS) is 12.5. The van der Waals surface area contributed by atoms with Gasteiger partial charge in [-0.25, -0.2) is 37.3 Å². The number of carbonyl (C=O) groups excluding carboxylic acids is 2. The van der Waals surface area contributed by atoms with Crippen LogP contribution in [0.3, 0.4) is 0 Å². The highest BCUT2D eigenvalue weighted by molar-refractivity contribution is 6.33. The van der Waals surface area contributed by atoms with Crippen molar-refractivity contribution in [2.24, 2.45) is 0 Å². The van der Waals surface area contributed by atoms with Gasteiger partial charge < -0.3 is 15.4 Å². The molecule has 2 heterocycles. The Hall–Kier alpha value is -5.26. The first-order valence-electron chi connectivity index (χ1n) is 15.5. The number of amides is 2. The van der Waals surface area contributed by atoms with Gasteiger partial charge in [0.05, 0.1) is 22.2 Å². The highest BCUT2D eigenvalue weighted by atomic mass is 35.5. The van der Waals surface area contributed by atoms with Crippen molar-refractivity contribution >= 4 is 29.6 Å². The topological polar surface area (TPSA) is 151 Å². The summed E-state index contributed by atoms with van der Waals surface area (Å²) in [5, 5.41) is 16.9. The van der Waals surface area contributed by atoms with Crippen molar-refractivity contribution in [3.63, 3.8) is 0 Å². The van der Waals surface area contributed by atoms with Crippen LogP contribution in [0, 0.1) is 11.2 Å². The van der Waals surface area contributed by atoms with Gasteiger partial charge in [0.25, 0.3) is 12.3 Å². The molecule has 278 valence electrons. The maximum Gasteiger partial charge on any atom is 0.407 e. The molecule has 0 aliphatic heterocycles. The molecular formula is C33H34ClF6N9O3. The fourth-order valence-electron chi connectivity index (χ4n) is 4.70. The number of benzene rings is 2. The molecule has 1 atom stereocenters. The third-order valence-electron chi connectivity index (χ3n) is 7.52. The molecule has 52 heavy (non-hydrogen) atoms. The van der Waals surface area contributed by atoms with Gasteiger partial charge in [-0.05, 0) is 70.0 Å². The average molecular weight is 754 g/mol. The summed E-state index contributed by atoms with van der Waals surface area (Å²) in [6, 6.07) is 7.21. The van der Waals surface area contributed by atoms with E-state index >= 15 is 4.39 Å². The quantitative estimate of drug-likeness (QED) is 0.0737. The van der Waals surface area contributed by atoms with Crippen LogP contribution in [0.25, 0.3) is 22.8 Å². The van der Waals surface area contributed by atoms with E-state index in [1.807, 2.05) is 5.32 Å². The third-order valence-corrected chi connectivity index (χ3v) is 7.85. The summed E-state index contributed by atoms with van der Waals surface area (Å²) in [4.78, 5) is 39.8. The molecular weight excluding hydrogens is 720 g/mol. The predicted molar refractivity (Wildman–Crippen MR) is 178 cm³/mol. The molecule has 3 N–H and O–H groups in total. The van der Waals surface area contributed by atoms with E-state index in [0.29, 0.717) is 4.90 Å². The number of guanidine groups is 1. The summed E-state index contributed by atoms with van der Waals surface area (Å²) in [6.45, 7) is 0.469. The van der Waals surface area contributed by atoms with Crippen LogP contribution >= 0.6 is 11.6 Å². The number of aromatic nitrogens is 5. The van der Waals surface area contributed by atoms with Crippen LogP contribution in [0.15, 0.2) is 61.2 Å². The summed E-state index contributed by atoms with van der Waals surface area (Å²) < 4.78 is 90.4. The Balaban J connectivity index is 1.84. The number of rotatable bonds is 13. The number of alkyl halides is 5. The SMILES string of the molecule is CC(C)(F)CCNC(=N)N(C(=O)c1ccc(-c2ncccn2)cc1F)[C@H](COC(=O)NC(C)(C)C(F)F)c1ccc(Cl)c(-c2ncnn2C(F)F)c1. The molecule has 2 amide bonds. The zero-order valence-electron chi connectivity index (χ0n) is 28.2. The number of hydrogen-bond donors (Lipinski definition) is 3. The molecule has 4 aromatic rings. The Bertz CT molecular complexity index is 1890. The van der Waals surface area contributed by atoms with Gasteiger partial charge in [0.2, 0.25) is 0 Å². The highest BCUT2D eigenvalue weighted by Crippen LogP contribution is 2.34. The van der Waals surface area contributed by atoms with Crippen LogP contribution in [0.1, 0.15) is 62.6 Å². The summed E-state index contributed by atoms with van der Waals surface area (Å²) >= 11 is 6.37. The Kier molecular flexibility index (Phi) is 12.5. The van der Waals surface area contributed by atoms with Gasteiger partial charge in [-0.15, -0.1) is 0 Å². The molecule has 4 rings (SSSR count). The minimum atomic E-state index is -3.14. The van der Waals surface area contributed by atoms with E-state index in [0.717, 1.165) is 32.3 Å². The van der Waals surface area contributed by atoms with Gasteiger partial charge in [0, 0.05) is 30.1 Å². The number of hydrogen-bond acceptors (Lipinski definition) is 8. The zero-order chi connectivity index (χ0) is 38.4. The molecule has 12 nitrogen and oxygen atoms in total. The lowest BCUT2D eigenvalue weighted by atomic mass is 10.0. The molecule has 0 saturated carbocycles. The number of carbonyl (C=O) groups is 2. The molecule has 2 aromatic heterocycles. The maximum atomic E-state index is 15.8. The summed E-state index contributed by atoms with van der Waals surface area (Å²) in [5.41, 5.74) is -4.23. The van der Waals surface area contributed by atoms with Crippen LogP contribution in [-0.2, 0) is 4.74 Å². The van der Waals surface area contributed by atoms with E-state index in [-0.39, 0.29) is 51.0 Å². The van der Waals surface area contributed by atoms with Crippen LogP contribution in [0.2, 0.25) is 5.02 Å². The number of nitrogens with zero attached hydrogens (tertiary/aromatic N) is 6. The Labute approximate surface area is 299 Å². The number of nitrogens with one attached hydrogen (secondary N) is 3. The van der Waals surface area contributed by atoms with Crippen molar-refractivity contribution in [1.29, 1.82) is 5.41 Å². The van der Waals surface area contributed by atoms with Gasteiger partial charge >= 0.3 is 12.6 Å². The zero-order valence-corrected chi connectivity index (χ0v) is 28.9. The molecule has 2 aromatic carbocycles. The minimum absolute atomic E-state index is 0.00966. The van der Waals surface area contributed by atoms with E-state index < -0.39 is 66.2 Å². The van der Waals surface area contributed by atoms with Crippen molar-refractivity contribution in [1.82, 2.24) is 40.3 Å². The Morgan fingerprint density at radius 2 is 1.73 bits per heavy atom. The Morgan fingerprint density at radius 1 is 1.04 bits per heavy atom. The van der Waals surface area contributed by atoms with E-state index in [1.54, 1.807) is 6.07 Å². The van der Waals surface area contributed by atoms with Crippen molar-refractivity contribution in [3.8, 4) is 22.8 Å². The smallest absolute Gasteiger partial charge is 0.407 e. The molecule has 0 spiro atoms. The third kappa shape index (κ3) is 9.74. The predicted octanol–water partition coefficient (Wildman–Crippen LogP) is 7.21. The second-order valence-electron chi connectivity index (χ2n) is 12.5. The fraction of sp³-hybridized carbons (Fsp3) is 0.364. The monoisotopic (exact) mass is 753 g/mol. The van der Waals surface area contributed by atoms with E-state index in [2.05, 4.69) is 25.4 Å². The van der Waals surface area contributed by atoms with Crippen LogP contribution in [0.5, 0.6) is 0 Å². The average Bonchev–Trinajstić information content (AvgIpc) is 3.56. The van der Waals surface area contributed by atoms with E-state index in [1.165, 1.54) is 50.5 Å². The first-order chi connectivity index (χ1) is 24.4. The van der Waals surface area contributed by atoms with Gasteiger partial charge in [0.15, 0.2) is 17.6 Å². The van der Waals surface area contributed by atoms with Crippen molar-refractivity contribution in [3.05, 3.63) is 83.2 Å². The fourth-order valence-corrected chi connectivity index (χ4v) is 4.91. The van der Waals surface area contributed by atoms with Crippen LogP contribution in [0.4, 0.5) is 31.1 Å². The van der Waals surface area contributed by atoms with Gasteiger partial charge in [-0.1, -0.05) is 23.7 Å². The standard InChI is InChI=1S/C33H34ClF6N9O3/c1-32(2,40)10-13-44-30(41)48(27(50)20-8-6-19(15-23(20)35)25-42-11-5-12-43-25)24(16-52-31(51)47-33(3,4)28(36)37)18-7-9-22(34)21(14-18)26-45-17-46-49(26)29(38)39/h5-9,11-12,14-15,17,24,28-29H,10,13,16H2,1-4H3,(H2,41,44)(H,47,51)/t24-/m1/s1. The molecule has 0 radical (unpaired) electrons. The first-order valence-corrected chi connectivity index (χ1v) is 15.9. The van der Waals surface area contributed by atoms with Crippen LogP contribution < -0.4 is 10.6 Å². The first kappa shape index (κ1) is 39.5. The molecule has 0 unspecified atom stereocenters. The number of alkyl carbamates (subject to hydrolysis) is 1. The largest absolute Gasteiger partial charge is 0.447 e. The second-order valence-corrected chi connectivity index (χ2v) is 12.9. The number of halogens is 7. The highest BCUT2D eigenvalue weighted by Gasteiger charge is 2.36. The molecule has 0 aliphatic carbocycles. The molecule has 0 aliphatic rings. The van der Waals surface area contributed by atoms with Gasteiger partial charge in [0.1, 0.15) is 24.4 Å².